The SMILES string of the molecule is C=CC(=O)N1[C@@H]2COC[C@H]1CC(c1[nH]c3nnc(-c4ccccc4O)cc3c1CCOC1CCOC1)C2. The summed E-state index contributed by atoms with van der Waals surface area (Å²) in [5, 5.41) is 20.3. The Balaban J connectivity index is 1.35. The molecule has 0 radical (unpaired) electrons. The quantitative estimate of drug-likeness (QED) is 0.475. The van der Waals surface area contributed by atoms with Gasteiger partial charge in [-0.2, -0.15) is 0 Å². The first kappa shape index (κ1) is 24.1. The molecule has 194 valence electrons. The van der Waals surface area contributed by atoms with E-state index in [0.29, 0.717) is 37.7 Å². The summed E-state index contributed by atoms with van der Waals surface area (Å²) in [6.07, 6.45) is 4.77. The van der Waals surface area contributed by atoms with Crippen molar-refractivity contribution in [2.75, 3.05) is 33.0 Å². The number of rotatable bonds is 7. The van der Waals surface area contributed by atoms with Crippen molar-refractivity contribution < 1.29 is 24.1 Å². The summed E-state index contributed by atoms with van der Waals surface area (Å²) in [4.78, 5) is 18.1. The van der Waals surface area contributed by atoms with Crippen molar-refractivity contribution in [2.45, 2.75) is 49.8 Å². The number of hydrogen-bond acceptors (Lipinski definition) is 7. The molecule has 3 aromatic rings. The molecule has 9 heteroatoms. The number of amides is 1. The van der Waals surface area contributed by atoms with Gasteiger partial charge in [-0.3, -0.25) is 4.79 Å². The lowest BCUT2D eigenvalue weighted by molar-refractivity contribution is -0.146. The van der Waals surface area contributed by atoms with E-state index < -0.39 is 0 Å². The molecular weight excluding hydrogens is 472 g/mol. The van der Waals surface area contributed by atoms with Gasteiger partial charge in [0.15, 0.2) is 5.65 Å². The molecular formula is C28H32N4O5. The number of phenols is 1. The predicted molar refractivity (Wildman–Crippen MR) is 137 cm³/mol. The summed E-state index contributed by atoms with van der Waals surface area (Å²) in [5.74, 6) is 0.365. The minimum atomic E-state index is -0.0287. The Bertz CT molecular complexity index is 1290. The number of piperidine rings is 1. The zero-order chi connectivity index (χ0) is 25.4. The monoisotopic (exact) mass is 504 g/mol. The highest BCUT2D eigenvalue weighted by Crippen LogP contribution is 2.41. The maximum Gasteiger partial charge on any atom is 0.246 e. The molecule has 2 N–H and O–H groups in total. The van der Waals surface area contributed by atoms with E-state index in [0.717, 1.165) is 54.6 Å². The number of H-pyrrole nitrogens is 1. The number of hydrogen-bond donors (Lipinski definition) is 2. The van der Waals surface area contributed by atoms with Crippen molar-refractivity contribution in [2.24, 2.45) is 0 Å². The lowest BCUT2D eigenvalue weighted by Gasteiger charge is -2.48. The number of morpholine rings is 1. The standard InChI is InChI=1S/C28H32N4O5/c1-2-26(34)32-18-11-17(12-19(32)15-36-14-18)27-21(8-10-37-20-7-9-35-16-20)23-13-24(30-31-28(23)29-27)22-5-3-4-6-25(22)33/h2-6,13,17-20,33H,1,7-12,14-16H2,(H,29,31)/t17?,18-,19+,20?. The number of para-hydroxylation sites is 1. The van der Waals surface area contributed by atoms with Crippen LogP contribution in [0.4, 0.5) is 0 Å². The van der Waals surface area contributed by atoms with E-state index >= 15 is 0 Å². The summed E-state index contributed by atoms with van der Waals surface area (Å²) < 4.78 is 17.4. The fraction of sp³-hybridized carbons (Fsp3) is 0.464. The molecule has 3 saturated heterocycles. The minimum Gasteiger partial charge on any atom is -0.507 e. The van der Waals surface area contributed by atoms with Gasteiger partial charge in [-0.05, 0) is 55.5 Å². The Kier molecular flexibility index (Phi) is 6.67. The Morgan fingerprint density at radius 3 is 2.73 bits per heavy atom. The van der Waals surface area contributed by atoms with E-state index in [1.165, 1.54) is 6.08 Å². The molecule has 0 saturated carbocycles. The summed E-state index contributed by atoms with van der Waals surface area (Å²) in [6.45, 7) is 6.72. The van der Waals surface area contributed by atoms with Crippen LogP contribution in [0.3, 0.4) is 0 Å². The van der Waals surface area contributed by atoms with Crippen molar-refractivity contribution in [3.05, 3.63) is 54.2 Å². The summed E-state index contributed by atoms with van der Waals surface area (Å²) in [7, 11) is 0. The second-order valence-corrected chi connectivity index (χ2v) is 10.1. The van der Waals surface area contributed by atoms with E-state index in [9.17, 15) is 9.90 Å². The molecule has 2 bridgehead atoms. The smallest absolute Gasteiger partial charge is 0.246 e. The third-order valence-electron chi connectivity index (χ3n) is 7.83. The first-order valence-electron chi connectivity index (χ1n) is 13.0. The zero-order valence-corrected chi connectivity index (χ0v) is 20.8. The van der Waals surface area contributed by atoms with Crippen molar-refractivity contribution >= 4 is 16.9 Å². The van der Waals surface area contributed by atoms with E-state index in [2.05, 4.69) is 21.8 Å². The van der Waals surface area contributed by atoms with Crippen LogP contribution in [-0.2, 0) is 25.4 Å². The van der Waals surface area contributed by atoms with Crippen LogP contribution in [0, 0.1) is 0 Å². The zero-order valence-electron chi connectivity index (χ0n) is 20.8. The lowest BCUT2D eigenvalue weighted by Crippen LogP contribution is -2.58. The van der Waals surface area contributed by atoms with Gasteiger partial charge in [0.1, 0.15) is 5.75 Å². The number of nitrogens with zero attached hydrogens (tertiary/aromatic N) is 3. The highest BCUT2D eigenvalue weighted by Gasteiger charge is 2.42. The lowest BCUT2D eigenvalue weighted by atomic mass is 9.81. The van der Waals surface area contributed by atoms with Crippen LogP contribution < -0.4 is 0 Å². The summed E-state index contributed by atoms with van der Waals surface area (Å²) in [5.41, 5.74) is 4.28. The normalized spacial score (nSPS) is 25.5. The van der Waals surface area contributed by atoms with Gasteiger partial charge in [-0.15, -0.1) is 10.2 Å². The Morgan fingerprint density at radius 2 is 2.00 bits per heavy atom. The average molecular weight is 505 g/mol. The van der Waals surface area contributed by atoms with Gasteiger partial charge in [0.25, 0.3) is 0 Å². The molecule has 1 amide bonds. The molecule has 2 aromatic heterocycles. The van der Waals surface area contributed by atoms with Crippen molar-refractivity contribution in [3.8, 4) is 17.0 Å². The molecule has 4 atom stereocenters. The number of nitrogens with one attached hydrogen (secondary N) is 1. The number of fused-ring (bicyclic) bond motifs is 3. The van der Waals surface area contributed by atoms with Gasteiger partial charge >= 0.3 is 0 Å². The van der Waals surface area contributed by atoms with Crippen LogP contribution in [0.1, 0.15) is 36.4 Å². The third kappa shape index (κ3) is 4.63. The maximum absolute atomic E-state index is 12.6. The van der Waals surface area contributed by atoms with Crippen LogP contribution in [0.25, 0.3) is 22.3 Å². The van der Waals surface area contributed by atoms with Crippen molar-refractivity contribution in [1.82, 2.24) is 20.1 Å². The highest BCUT2D eigenvalue weighted by atomic mass is 16.5. The van der Waals surface area contributed by atoms with Gasteiger partial charge in [-0.1, -0.05) is 18.7 Å². The second-order valence-electron chi connectivity index (χ2n) is 10.1. The van der Waals surface area contributed by atoms with Crippen LogP contribution in [-0.4, -0.2) is 82.3 Å². The average Bonchev–Trinajstić information content (AvgIpc) is 3.56. The third-order valence-corrected chi connectivity index (χ3v) is 7.83. The number of aromatic nitrogens is 3. The van der Waals surface area contributed by atoms with E-state index in [4.69, 9.17) is 14.2 Å². The molecule has 0 aliphatic carbocycles. The molecule has 3 aliphatic heterocycles. The van der Waals surface area contributed by atoms with Gasteiger partial charge in [0.2, 0.25) is 5.91 Å². The molecule has 9 nitrogen and oxygen atoms in total. The van der Waals surface area contributed by atoms with Crippen LogP contribution in [0.2, 0.25) is 0 Å². The predicted octanol–water partition coefficient (Wildman–Crippen LogP) is 3.34. The topological polar surface area (TPSA) is 110 Å². The molecule has 6 rings (SSSR count). The van der Waals surface area contributed by atoms with Gasteiger partial charge in [-0.25, -0.2) is 0 Å². The first-order chi connectivity index (χ1) is 18.1. The number of ether oxygens (including phenoxy) is 3. The highest BCUT2D eigenvalue weighted by molar-refractivity contribution is 5.88. The summed E-state index contributed by atoms with van der Waals surface area (Å²) >= 11 is 0. The molecule has 3 fully saturated rings. The minimum absolute atomic E-state index is 0.0112. The first-order valence-corrected chi connectivity index (χ1v) is 13.0. The Hall–Kier alpha value is -3.27. The van der Waals surface area contributed by atoms with Crippen molar-refractivity contribution in [3.63, 3.8) is 0 Å². The fourth-order valence-electron chi connectivity index (χ4n) is 6.09. The van der Waals surface area contributed by atoms with Gasteiger partial charge < -0.3 is 29.2 Å². The summed E-state index contributed by atoms with van der Waals surface area (Å²) in [6, 6.07) is 9.19. The second kappa shape index (κ2) is 10.2. The van der Waals surface area contributed by atoms with Crippen LogP contribution in [0.15, 0.2) is 43.0 Å². The molecule has 37 heavy (non-hydrogen) atoms. The number of carbonyl (C=O) groups excluding carboxylic acids is 1. The Labute approximate surface area is 215 Å². The molecule has 3 aliphatic rings. The van der Waals surface area contributed by atoms with E-state index in [1.54, 1.807) is 12.1 Å². The molecule has 5 heterocycles. The van der Waals surface area contributed by atoms with Crippen LogP contribution >= 0.6 is 0 Å². The molecule has 2 unspecified atom stereocenters. The number of phenolic OH excluding ortho intramolecular Hbond substituents is 1. The van der Waals surface area contributed by atoms with E-state index in [1.807, 2.05) is 23.1 Å². The number of benzene rings is 1. The van der Waals surface area contributed by atoms with Crippen LogP contribution in [0.5, 0.6) is 5.75 Å². The molecule has 0 spiro atoms. The Morgan fingerprint density at radius 1 is 1.19 bits per heavy atom. The largest absolute Gasteiger partial charge is 0.507 e. The van der Waals surface area contributed by atoms with Gasteiger partial charge in [0.05, 0.1) is 50.3 Å². The van der Waals surface area contributed by atoms with Crippen molar-refractivity contribution in [1.29, 1.82) is 0 Å². The molecule has 1 aromatic carbocycles. The maximum atomic E-state index is 12.6. The number of carbonyl (C=O) groups is 1. The fourth-order valence-corrected chi connectivity index (χ4v) is 6.09. The number of aromatic amines is 1. The number of aromatic hydroxyl groups is 1. The van der Waals surface area contributed by atoms with E-state index in [-0.39, 0.29) is 35.8 Å². The van der Waals surface area contributed by atoms with Gasteiger partial charge in [0, 0.05) is 29.2 Å².